The maximum absolute atomic E-state index is 12.5. The van der Waals surface area contributed by atoms with Gasteiger partial charge in [0.1, 0.15) is 4.88 Å². The second-order valence-corrected chi connectivity index (χ2v) is 7.37. The normalized spacial score (nSPS) is 22.5. The Balaban J connectivity index is 1.74. The number of thiophene rings is 1. The topological polar surface area (TPSA) is 63.9 Å². The zero-order valence-corrected chi connectivity index (χ0v) is 15.1. The molecule has 1 amide bonds. The van der Waals surface area contributed by atoms with Gasteiger partial charge in [-0.2, -0.15) is 0 Å². The molecule has 0 fully saturated rings. The Morgan fingerprint density at radius 2 is 2.21 bits per heavy atom. The van der Waals surface area contributed by atoms with Crippen LogP contribution in [0.3, 0.4) is 0 Å². The molecule has 126 valence electrons. The quantitative estimate of drug-likeness (QED) is 0.652. The maximum Gasteiger partial charge on any atom is 0.349 e. The van der Waals surface area contributed by atoms with Crippen LogP contribution < -0.4 is 10.7 Å². The number of amides is 1. The molecule has 0 radical (unpaired) electrons. The molecule has 2 aliphatic rings. The first-order chi connectivity index (χ1) is 11.5. The van der Waals surface area contributed by atoms with Gasteiger partial charge in [-0.25, -0.2) is 10.1 Å². The summed E-state index contributed by atoms with van der Waals surface area (Å²) in [5, 5.41) is 9.04. The average Bonchev–Trinajstić information content (AvgIpc) is 2.99. The number of allylic oxidation sites excluding steroid dienone is 3. The highest BCUT2D eigenvalue weighted by molar-refractivity contribution is 7.15. The molecule has 2 atom stereocenters. The van der Waals surface area contributed by atoms with Crippen molar-refractivity contribution in [2.75, 3.05) is 7.11 Å². The predicted octanol–water partition coefficient (Wildman–Crippen LogP) is 2.13. The van der Waals surface area contributed by atoms with E-state index in [4.69, 9.17) is 10.1 Å². The number of carbonyl (C=O) groups is 1. The van der Waals surface area contributed by atoms with Gasteiger partial charge < -0.3 is 4.74 Å². The number of amidine groups is 1. The lowest BCUT2D eigenvalue weighted by atomic mass is 9.85. The number of hydrogen-bond acceptors (Lipinski definition) is 3. The highest BCUT2D eigenvalue weighted by atomic mass is 32.1. The Morgan fingerprint density at radius 3 is 2.92 bits per heavy atom. The van der Waals surface area contributed by atoms with Crippen LogP contribution in [0.4, 0.5) is 0 Å². The fourth-order valence-electron chi connectivity index (χ4n) is 3.33. The van der Waals surface area contributed by atoms with Gasteiger partial charge in [0, 0.05) is 23.5 Å². The van der Waals surface area contributed by atoms with Crippen molar-refractivity contribution < 1.29 is 14.9 Å². The van der Waals surface area contributed by atoms with Crippen molar-refractivity contribution in [1.82, 2.24) is 5.32 Å². The molecular weight excluding hydrogens is 320 g/mol. The molecule has 2 aliphatic carbocycles. The minimum atomic E-state index is -0.145. The van der Waals surface area contributed by atoms with Gasteiger partial charge in [-0.1, -0.05) is 25.2 Å². The summed E-state index contributed by atoms with van der Waals surface area (Å²) in [6.07, 6.45) is 10.2. The van der Waals surface area contributed by atoms with E-state index in [0.29, 0.717) is 10.7 Å². The zero-order valence-electron chi connectivity index (χ0n) is 14.3. The highest BCUT2D eigenvalue weighted by Gasteiger charge is 2.31. The van der Waals surface area contributed by atoms with E-state index in [2.05, 4.69) is 24.4 Å². The highest BCUT2D eigenvalue weighted by Crippen LogP contribution is 2.29. The minimum absolute atomic E-state index is 0.0142. The third-order valence-electron chi connectivity index (χ3n) is 4.65. The van der Waals surface area contributed by atoms with Crippen LogP contribution in [0.15, 0.2) is 35.4 Å². The summed E-state index contributed by atoms with van der Waals surface area (Å²) >= 11 is 1.51. The SMILES string of the molecule is COC1C(C)=CC=C(C(=[NH2+])NC(=O)c2cc3c(s2)C=CCC3)C1C. The molecular formula is C19H23N2O2S+. The summed E-state index contributed by atoms with van der Waals surface area (Å²) in [7, 11) is 1.69. The van der Waals surface area contributed by atoms with Crippen molar-refractivity contribution in [2.24, 2.45) is 5.92 Å². The summed E-state index contributed by atoms with van der Waals surface area (Å²) < 4.78 is 5.54. The molecule has 3 N–H and O–H groups in total. The van der Waals surface area contributed by atoms with Gasteiger partial charge in [0.2, 0.25) is 0 Å². The van der Waals surface area contributed by atoms with Crippen molar-refractivity contribution in [3.8, 4) is 0 Å². The van der Waals surface area contributed by atoms with E-state index in [9.17, 15) is 4.79 Å². The third-order valence-corrected chi connectivity index (χ3v) is 5.79. The van der Waals surface area contributed by atoms with E-state index in [1.807, 2.05) is 25.1 Å². The number of hydrogen-bond donors (Lipinski definition) is 2. The number of aryl methyl sites for hydroxylation is 1. The molecule has 24 heavy (non-hydrogen) atoms. The van der Waals surface area contributed by atoms with E-state index in [-0.39, 0.29) is 17.9 Å². The van der Waals surface area contributed by atoms with Crippen molar-refractivity contribution in [3.05, 3.63) is 50.8 Å². The first-order valence-electron chi connectivity index (χ1n) is 8.15. The summed E-state index contributed by atoms with van der Waals surface area (Å²) in [4.78, 5) is 14.4. The van der Waals surface area contributed by atoms with Gasteiger partial charge >= 0.3 is 5.91 Å². The molecule has 0 bridgehead atoms. The van der Waals surface area contributed by atoms with Gasteiger partial charge in [-0.05, 0) is 43.0 Å². The number of ether oxygens (including phenoxy) is 1. The fraction of sp³-hybridized carbons (Fsp3) is 0.368. The Morgan fingerprint density at radius 1 is 1.42 bits per heavy atom. The second kappa shape index (κ2) is 6.87. The molecule has 0 saturated carbocycles. The number of rotatable bonds is 3. The molecule has 2 unspecified atom stereocenters. The molecule has 0 aliphatic heterocycles. The van der Waals surface area contributed by atoms with Gasteiger partial charge in [0.15, 0.2) is 0 Å². The standard InChI is InChI=1S/C19H22N2O2S/c1-11-8-9-14(12(2)17(11)23-3)18(20)21-19(22)16-10-13-6-4-5-7-15(13)24-16/h5,7-10,12,17H,4,6H2,1-3H3,(H2,20,21,22)/p+1. The van der Waals surface area contributed by atoms with Crippen LogP contribution in [-0.2, 0) is 11.2 Å². The molecule has 4 nitrogen and oxygen atoms in total. The van der Waals surface area contributed by atoms with Crippen LogP contribution in [0.25, 0.3) is 6.08 Å². The molecule has 1 heterocycles. The van der Waals surface area contributed by atoms with E-state index in [1.54, 1.807) is 7.11 Å². The monoisotopic (exact) mass is 343 g/mol. The minimum Gasteiger partial charge on any atom is -0.376 e. The molecule has 5 heteroatoms. The largest absolute Gasteiger partial charge is 0.376 e. The molecule has 1 aromatic rings. The average molecular weight is 343 g/mol. The lowest BCUT2D eigenvalue weighted by Gasteiger charge is -2.27. The Kier molecular flexibility index (Phi) is 4.83. The second-order valence-electron chi connectivity index (χ2n) is 6.29. The van der Waals surface area contributed by atoms with Crippen LogP contribution >= 0.6 is 11.3 Å². The van der Waals surface area contributed by atoms with E-state index >= 15 is 0 Å². The molecule has 0 spiro atoms. The van der Waals surface area contributed by atoms with E-state index in [0.717, 1.165) is 24.0 Å². The number of nitrogens with one attached hydrogen (secondary N) is 1. The van der Waals surface area contributed by atoms with Gasteiger partial charge in [-0.3, -0.25) is 5.41 Å². The van der Waals surface area contributed by atoms with Crippen LogP contribution in [0.1, 0.15) is 40.4 Å². The van der Waals surface area contributed by atoms with Gasteiger partial charge in [-0.15, -0.1) is 11.3 Å². The lowest BCUT2D eigenvalue weighted by Crippen LogP contribution is -2.54. The molecule has 1 aromatic heterocycles. The van der Waals surface area contributed by atoms with Crippen LogP contribution in [0.5, 0.6) is 0 Å². The Bertz CT molecular complexity index is 770. The summed E-state index contributed by atoms with van der Waals surface area (Å²) in [5.74, 6) is 0.355. The summed E-state index contributed by atoms with van der Waals surface area (Å²) in [6.45, 7) is 4.10. The summed E-state index contributed by atoms with van der Waals surface area (Å²) in [5.41, 5.74) is 3.31. The van der Waals surface area contributed by atoms with Crippen molar-refractivity contribution >= 4 is 29.2 Å². The van der Waals surface area contributed by atoms with Crippen LogP contribution in [0, 0.1) is 5.92 Å². The third kappa shape index (κ3) is 3.14. The van der Waals surface area contributed by atoms with Gasteiger partial charge in [0.05, 0.1) is 6.10 Å². The van der Waals surface area contributed by atoms with Gasteiger partial charge in [0.25, 0.3) is 5.84 Å². The maximum atomic E-state index is 12.5. The molecule has 0 saturated heterocycles. The van der Waals surface area contributed by atoms with Crippen molar-refractivity contribution in [2.45, 2.75) is 32.8 Å². The number of fused-ring (bicyclic) bond motifs is 1. The fourth-order valence-corrected chi connectivity index (χ4v) is 4.36. The van der Waals surface area contributed by atoms with E-state index in [1.165, 1.54) is 21.8 Å². The number of methoxy groups -OCH3 is 1. The van der Waals surface area contributed by atoms with E-state index < -0.39 is 0 Å². The first-order valence-corrected chi connectivity index (χ1v) is 8.97. The molecule has 0 aromatic carbocycles. The zero-order chi connectivity index (χ0) is 17.3. The van der Waals surface area contributed by atoms with Crippen LogP contribution in [0.2, 0.25) is 0 Å². The Labute approximate surface area is 146 Å². The lowest BCUT2D eigenvalue weighted by molar-refractivity contribution is -0.117. The predicted molar refractivity (Wildman–Crippen MR) is 97.9 cm³/mol. The first kappa shape index (κ1) is 16.9. The number of carbonyl (C=O) groups excluding carboxylic acids is 1. The van der Waals surface area contributed by atoms with Crippen LogP contribution in [-0.4, -0.2) is 25.0 Å². The molecule has 3 rings (SSSR count). The summed E-state index contributed by atoms with van der Waals surface area (Å²) in [6, 6.07) is 1.98. The number of nitrogens with two attached hydrogens (primary N) is 1. The van der Waals surface area contributed by atoms with Crippen molar-refractivity contribution in [1.29, 1.82) is 0 Å². The Hall–Kier alpha value is -1.98. The smallest absolute Gasteiger partial charge is 0.349 e. The van der Waals surface area contributed by atoms with Crippen molar-refractivity contribution in [3.63, 3.8) is 0 Å².